The van der Waals surface area contributed by atoms with Crippen LogP contribution in [0.15, 0.2) is 42.5 Å². The van der Waals surface area contributed by atoms with Crippen molar-refractivity contribution in [1.29, 1.82) is 0 Å². The zero-order valence-electron chi connectivity index (χ0n) is 9.54. The molecule has 0 amide bonds. The van der Waals surface area contributed by atoms with E-state index in [1.807, 2.05) is 0 Å². The number of hydrogen-bond acceptors (Lipinski definition) is 1. The average Bonchev–Trinajstić information content (AvgIpc) is 2.34. The van der Waals surface area contributed by atoms with Gasteiger partial charge in [0.25, 0.3) is 0 Å². The van der Waals surface area contributed by atoms with Crippen LogP contribution in [-0.4, -0.2) is 0 Å². The normalized spacial score (nSPS) is 12.4. The Morgan fingerprint density at radius 1 is 1.06 bits per heavy atom. The summed E-state index contributed by atoms with van der Waals surface area (Å²) in [6, 6.07) is 10.3. The van der Waals surface area contributed by atoms with Crippen LogP contribution in [-0.2, 0) is 6.42 Å². The molecule has 0 spiro atoms. The van der Waals surface area contributed by atoms with Gasteiger partial charge in [0.1, 0.15) is 11.6 Å². The maximum Gasteiger partial charge on any atom is 0.141 e. The summed E-state index contributed by atoms with van der Waals surface area (Å²) in [7, 11) is 0. The summed E-state index contributed by atoms with van der Waals surface area (Å²) in [5, 5.41) is 0.0822. The fourth-order valence-corrected chi connectivity index (χ4v) is 1.95. The van der Waals surface area contributed by atoms with Gasteiger partial charge in [-0.3, -0.25) is 0 Å². The summed E-state index contributed by atoms with van der Waals surface area (Å²) in [6.45, 7) is 0. The first kappa shape index (κ1) is 13.0. The molecule has 1 atom stereocenters. The van der Waals surface area contributed by atoms with Gasteiger partial charge in [-0.15, -0.1) is 0 Å². The second-order valence-corrected chi connectivity index (χ2v) is 4.52. The highest BCUT2D eigenvalue weighted by Gasteiger charge is 2.09. The van der Waals surface area contributed by atoms with E-state index in [-0.39, 0.29) is 16.9 Å². The van der Waals surface area contributed by atoms with Crippen molar-refractivity contribution in [1.82, 2.24) is 0 Å². The first-order chi connectivity index (χ1) is 8.56. The van der Waals surface area contributed by atoms with Gasteiger partial charge in [0.15, 0.2) is 0 Å². The van der Waals surface area contributed by atoms with Crippen molar-refractivity contribution in [2.45, 2.75) is 12.5 Å². The van der Waals surface area contributed by atoms with E-state index in [0.717, 1.165) is 11.1 Å². The maximum absolute atomic E-state index is 13.0. The van der Waals surface area contributed by atoms with E-state index in [1.54, 1.807) is 24.3 Å². The molecule has 1 nitrogen and oxygen atoms in total. The molecule has 0 radical (unpaired) electrons. The molecule has 0 aromatic heterocycles. The lowest BCUT2D eigenvalue weighted by Crippen LogP contribution is -2.13. The van der Waals surface area contributed by atoms with Crippen molar-refractivity contribution in [3.05, 3.63) is 70.2 Å². The van der Waals surface area contributed by atoms with Gasteiger partial charge in [-0.1, -0.05) is 29.8 Å². The van der Waals surface area contributed by atoms with E-state index in [0.29, 0.717) is 6.42 Å². The third-order valence-corrected chi connectivity index (χ3v) is 3.03. The van der Waals surface area contributed by atoms with Crippen LogP contribution in [0.3, 0.4) is 0 Å². The number of rotatable bonds is 3. The molecule has 0 aliphatic carbocycles. The Balaban J connectivity index is 2.13. The van der Waals surface area contributed by atoms with Crippen LogP contribution >= 0.6 is 11.6 Å². The third kappa shape index (κ3) is 3.06. The van der Waals surface area contributed by atoms with Crippen molar-refractivity contribution in [2.24, 2.45) is 5.73 Å². The van der Waals surface area contributed by atoms with E-state index in [2.05, 4.69) is 0 Å². The summed E-state index contributed by atoms with van der Waals surface area (Å²) < 4.78 is 25.8. The van der Waals surface area contributed by atoms with Gasteiger partial charge in [-0.25, -0.2) is 8.78 Å². The number of halogens is 3. The molecule has 0 heterocycles. The smallest absolute Gasteiger partial charge is 0.141 e. The summed E-state index contributed by atoms with van der Waals surface area (Å²) in [4.78, 5) is 0. The minimum absolute atomic E-state index is 0.0822. The molecule has 0 saturated carbocycles. The molecule has 2 N–H and O–H groups in total. The van der Waals surface area contributed by atoms with Crippen LogP contribution in [0.2, 0.25) is 5.02 Å². The SMILES string of the molecule is NC(Cc1ccc(F)c(Cl)c1)c1ccc(F)cc1. The van der Waals surface area contributed by atoms with Gasteiger partial charge in [0.2, 0.25) is 0 Å². The molecule has 0 fully saturated rings. The predicted octanol–water partition coefficient (Wildman–Crippen LogP) is 3.86. The largest absolute Gasteiger partial charge is 0.324 e. The molecule has 1 unspecified atom stereocenters. The van der Waals surface area contributed by atoms with E-state index < -0.39 is 5.82 Å². The summed E-state index contributed by atoms with van der Waals surface area (Å²) in [5.74, 6) is -0.744. The molecule has 18 heavy (non-hydrogen) atoms. The minimum Gasteiger partial charge on any atom is -0.324 e. The molecular weight excluding hydrogens is 256 g/mol. The molecule has 0 bridgehead atoms. The fourth-order valence-electron chi connectivity index (χ4n) is 1.75. The molecule has 0 saturated heterocycles. The lowest BCUT2D eigenvalue weighted by Gasteiger charge is -2.12. The first-order valence-electron chi connectivity index (χ1n) is 5.51. The van der Waals surface area contributed by atoms with Crippen LogP contribution in [0.1, 0.15) is 17.2 Å². The highest BCUT2D eigenvalue weighted by atomic mass is 35.5. The summed E-state index contributed by atoms with van der Waals surface area (Å²) >= 11 is 5.70. The van der Waals surface area contributed by atoms with Gasteiger partial charge in [0, 0.05) is 6.04 Å². The van der Waals surface area contributed by atoms with Crippen LogP contribution < -0.4 is 5.73 Å². The molecule has 4 heteroatoms. The minimum atomic E-state index is -0.448. The van der Waals surface area contributed by atoms with Crippen molar-refractivity contribution < 1.29 is 8.78 Å². The maximum atomic E-state index is 13.0. The Morgan fingerprint density at radius 2 is 1.72 bits per heavy atom. The Bertz CT molecular complexity index is 540. The standard InChI is InChI=1S/C14H12ClF2N/c15-12-7-9(1-6-13(12)17)8-14(18)10-2-4-11(16)5-3-10/h1-7,14H,8,18H2. The van der Waals surface area contributed by atoms with Crippen LogP contribution in [0, 0.1) is 11.6 Å². The highest BCUT2D eigenvalue weighted by Crippen LogP contribution is 2.21. The second kappa shape index (κ2) is 5.46. The quantitative estimate of drug-likeness (QED) is 0.898. The molecule has 0 aliphatic rings. The van der Waals surface area contributed by atoms with Gasteiger partial charge in [-0.05, 0) is 41.8 Å². The third-order valence-electron chi connectivity index (χ3n) is 2.74. The summed E-state index contributed by atoms with van der Waals surface area (Å²) in [6.07, 6.45) is 0.519. The summed E-state index contributed by atoms with van der Waals surface area (Å²) in [5.41, 5.74) is 7.68. The lowest BCUT2D eigenvalue weighted by atomic mass is 10.00. The Kier molecular flexibility index (Phi) is 3.94. The van der Waals surface area contributed by atoms with Gasteiger partial charge in [-0.2, -0.15) is 0 Å². The number of hydrogen-bond donors (Lipinski definition) is 1. The second-order valence-electron chi connectivity index (χ2n) is 4.11. The monoisotopic (exact) mass is 267 g/mol. The molecule has 0 aliphatic heterocycles. The fraction of sp³-hybridized carbons (Fsp3) is 0.143. The van der Waals surface area contributed by atoms with Crippen molar-refractivity contribution in [3.8, 4) is 0 Å². The predicted molar refractivity (Wildman–Crippen MR) is 68.4 cm³/mol. The zero-order chi connectivity index (χ0) is 13.1. The van der Waals surface area contributed by atoms with Crippen LogP contribution in [0.25, 0.3) is 0 Å². The number of benzene rings is 2. The van der Waals surface area contributed by atoms with E-state index in [1.165, 1.54) is 18.2 Å². The topological polar surface area (TPSA) is 26.0 Å². The molecular formula is C14H12ClF2N. The van der Waals surface area contributed by atoms with Crippen LogP contribution in [0.4, 0.5) is 8.78 Å². The zero-order valence-corrected chi connectivity index (χ0v) is 10.3. The molecule has 2 aromatic rings. The molecule has 2 rings (SSSR count). The van der Waals surface area contributed by atoms with Crippen molar-refractivity contribution in [2.75, 3.05) is 0 Å². The highest BCUT2D eigenvalue weighted by molar-refractivity contribution is 6.30. The van der Waals surface area contributed by atoms with Crippen molar-refractivity contribution >= 4 is 11.6 Å². The number of nitrogens with two attached hydrogens (primary N) is 1. The average molecular weight is 268 g/mol. The van der Waals surface area contributed by atoms with Crippen molar-refractivity contribution in [3.63, 3.8) is 0 Å². The first-order valence-corrected chi connectivity index (χ1v) is 5.89. The lowest BCUT2D eigenvalue weighted by molar-refractivity contribution is 0.622. The van der Waals surface area contributed by atoms with E-state index in [4.69, 9.17) is 17.3 Å². The Morgan fingerprint density at radius 3 is 2.33 bits per heavy atom. The van der Waals surface area contributed by atoms with Gasteiger partial charge in [0.05, 0.1) is 5.02 Å². The van der Waals surface area contributed by atoms with Gasteiger partial charge >= 0.3 is 0 Å². The molecule has 2 aromatic carbocycles. The van der Waals surface area contributed by atoms with E-state index in [9.17, 15) is 8.78 Å². The Labute approximate surface area is 109 Å². The molecule has 94 valence electrons. The van der Waals surface area contributed by atoms with E-state index >= 15 is 0 Å². The Hall–Kier alpha value is -1.45. The van der Waals surface area contributed by atoms with Gasteiger partial charge < -0.3 is 5.73 Å². The van der Waals surface area contributed by atoms with Crippen LogP contribution in [0.5, 0.6) is 0 Å².